The first-order chi connectivity index (χ1) is 10.2. The Labute approximate surface area is 131 Å². The number of amides is 1. The van der Waals surface area contributed by atoms with Gasteiger partial charge in [-0.3, -0.25) is 10.1 Å². The van der Waals surface area contributed by atoms with E-state index in [1.165, 1.54) is 18.4 Å². The molecule has 0 radical (unpaired) electrons. The van der Waals surface area contributed by atoms with Gasteiger partial charge in [0.25, 0.3) is 0 Å². The molecule has 2 saturated heterocycles. The Bertz CT molecular complexity index is 468. The van der Waals surface area contributed by atoms with Gasteiger partial charge in [-0.05, 0) is 67.7 Å². The highest BCUT2D eigenvalue weighted by Gasteiger charge is 2.39. The zero-order valence-electron chi connectivity index (χ0n) is 12.9. The minimum absolute atomic E-state index is 0.0128. The number of carbonyl (C=O) groups is 1. The molecule has 3 heterocycles. The van der Waals surface area contributed by atoms with Crippen LogP contribution in [0, 0.1) is 5.92 Å². The van der Waals surface area contributed by atoms with Crippen molar-refractivity contribution in [3.63, 3.8) is 0 Å². The summed E-state index contributed by atoms with van der Waals surface area (Å²) < 4.78 is 0. The largest absolute Gasteiger partial charge is 0.321 e. The quantitative estimate of drug-likeness (QED) is 0.927. The van der Waals surface area contributed by atoms with Crippen molar-refractivity contribution in [3.05, 3.63) is 22.4 Å². The van der Waals surface area contributed by atoms with E-state index < -0.39 is 0 Å². The first kappa shape index (κ1) is 15.0. The van der Waals surface area contributed by atoms with Gasteiger partial charge in [0.1, 0.15) is 6.17 Å². The maximum Gasteiger partial charge on any atom is 0.241 e. The smallest absolute Gasteiger partial charge is 0.241 e. The number of thiophene rings is 1. The molecule has 0 aromatic carbocycles. The number of piperidine rings is 1. The van der Waals surface area contributed by atoms with E-state index in [1.807, 2.05) is 0 Å². The molecule has 116 valence electrons. The predicted octanol–water partition coefficient (Wildman–Crippen LogP) is 2.30. The number of nitrogens with zero attached hydrogens (tertiary/aromatic N) is 2. The number of carbonyl (C=O) groups excluding carboxylic acids is 1. The highest BCUT2D eigenvalue weighted by atomic mass is 32.1. The SMILES string of the molecule is CCC1NC(c2ccsc2)N(CC2CCN(C)CC2)C1=O. The van der Waals surface area contributed by atoms with Crippen LogP contribution in [0.25, 0.3) is 0 Å². The van der Waals surface area contributed by atoms with Crippen LogP contribution in [0.15, 0.2) is 16.8 Å². The monoisotopic (exact) mass is 307 g/mol. The summed E-state index contributed by atoms with van der Waals surface area (Å²) in [5.74, 6) is 0.927. The summed E-state index contributed by atoms with van der Waals surface area (Å²) in [4.78, 5) is 17.1. The molecule has 2 atom stereocenters. The molecule has 2 unspecified atom stereocenters. The fraction of sp³-hybridized carbons (Fsp3) is 0.688. The Kier molecular flexibility index (Phi) is 4.62. The van der Waals surface area contributed by atoms with Gasteiger partial charge < -0.3 is 9.80 Å². The molecule has 4 nitrogen and oxygen atoms in total. The molecule has 1 aromatic rings. The Hall–Kier alpha value is -0.910. The Balaban J connectivity index is 1.72. The second kappa shape index (κ2) is 6.46. The summed E-state index contributed by atoms with van der Waals surface area (Å²) in [7, 11) is 2.18. The number of hydrogen-bond donors (Lipinski definition) is 1. The average molecular weight is 307 g/mol. The zero-order chi connectivity index (χ0) is 14.8. The summed E-state index contributed by atoms with van der Waals surface area (Å²) in [6.07, 6.45) is 3.35. The van der Waals surface area contributed by atoms with Gasteiger partial charge in [0.2, 0.25) is 5.91 Å². The lowest BCUT2D eigenvalue weighted by Crippen LogP contribution is -2.39. The highest BCUT2D eigenvalue weighted by molar-refractivity contribution is 7.07. The molecular weight excluding hydrogens is 282 g/mol. The van der Waals surface area contributed by atoms with E-state index in [1.54, 1.807) is 11.3 Å². The van der Waals surface area contributed by atoms with Crippen molar-refractivity contribution in [2.24, 2.45) is 5.92 Å². The molecule has 1 aromatic heterocycles. The second-order valence-electron chi connectivity index (χ2n) is 6.32. The van der Waals surface area contributed by atoms with Gasteiger partial charge in [0, 0.05) is 6.54 Å². The predicted molar refractivity (Wildman–Crippen MR) is 86.2 cm³/mol. The van der Waals surface area contributed by atoms with Gasteiger partial charge in [0.15, 0.2) is 0 Å². The molecule has 5 heteroatoms. The van der Waals surface area contributed by atoms with Crippen LogP contribution >= 0.6 is 11.3 Å². The topological polar surface area (TPSA) is 35.6 Å². The molecule has 0 saturated carbocycles. The molecule has 0 bridgehead atoms. The van der Waals surface area contributed by atoms with Crippen LogP contribution in [0.1, 0.15) is 37.9 Å². The minimum Gasteiger partial charge on any atom is -0.321 e. The van der Waals surface area contributed by atoms with Crippen LogP contribution in [-0.4, -0.2) is 48.4 Å². The summed E-state index contributed by atoms with van der Waals surface area (Å²) in [5.41, 5.74) is 1.23. The Morgan fingerprint density at radius 2 is 2.14 bits per heavy atom. The van der Waals surface area contributed by atoms with Crippen LogP contribution in [0.2, 0.25) is 0 Å². The molecule has 3 rings (SSSR count). The molecular formula is C16H25N3OS. The highest BCUT2D eigenvalue weighted by Crippen LogP contribution is 2.30. The van der Waals surface area contributed by atoms with E-state index in [-0.39, 0.29) is 18.1 Å². The van der Waals surface area contributed by atoms with Gasteiger partial charge in [-0.1, -0.05) is 6.92 Å². The van der Waals surface area contributed by atoms with Crippen molar-refractivity contribution in [2.75, 3.05) is 26.7 Å². The molecule has 0 aliphatic carbocycles. The summed E-state index contributed by atoms with van der Waals surface area (Å²) in [6, 6.07) is 2.12. The van der Waals surface area contributed by atoms with Crippen LogP contribution in [0.3, 0.4) is 0 Å². The molecule has 2 aliphatic heterocycles. The summed E-state index contributed by atoms with van der Waals surface area (Å²) >= 11 is 1.70. The van der Waals surface area contributed by atoms with E-state index in [4.69, 9.17) is 0 Å². The van der Waals surface area contributed by atoms with E-state index in [0.717, 1.165) is 26.1 Å². The van der Waals surface area contributed by atoms with Crippen molar-refractivity contribution in [2.45, 2.75) is 38.4 Å². The normalized spacial score (nSPS) is 28.5. The van der Waals surface area contributed by atoms with Crippen molar-refractivity contribution in [3.8, 4) is 0 Å². The second-order valence-corrected chi connectivity index (χ2v) is 7.10. The summed E-state index contributed by atoms with van der Waals surface area (Å²) in [6.45, 7) is 5.29. The van der Waals surface area contributed by atoms with Crippen molar-refractivity contribution >= 4 is 17.2 Å². The third-order valence-corrected chi connectivity index (χ3v) is 5.51. The van der Waals surface area contributed by atoms with Gasteiger partial charge in [-0.15, -0.1) is 0 Å². The number of rotatable bonds is 4. The standard InChI is InChI=1S/C16H25N3OS/c1-3-14-16(20)19(10-12-4-7-18(2)8-5-12)15(17-14)13-6-9-21-11-13/h6,9,11-12,14-15,17H,3-5,7-8,10H2,1-2H3. The van der Waals surface area contributed by atoms with Crippen LogP contribution < -0.4 is 5.32 Å². The number of hydrogen-bond acceptors (Lipinski definition) is 4. The van der Waals surface area contributed by atoms with E-state index >= 15 is 0 Å². The van der Waals surface area contributed by atoms with E-state index in [2.05, 4.69) is 45.9 Å². The lowest BCUT2D eigenvalue weighted by molar-refractivity contribution is -0.131. The molecule has 0 spiro atoms. The van der Waals surface area contributed by atoms with Gasteiger partial charge in [0.05, 0.1) is 6.04 Å². The lowest BCUT2D eigenvalue weighted by atomic mass is 9.96. The maximum absolute atomic E-state index is 12.6. The van der Waals surface area contributed by atoms with Crippen LogP contribution in [0.4, 0.5) is 0 Å². The average Bonchev–Trinajstić information content (AvgIpc) is 3.11. The van der Waals surface area contributed by atoms with Crippen LogP contribution in [-0.2, 0) is 4.79 Å². The van der Waals surface area contributed by atoms with Crippen molar-refractivity contribution < 1.29 is 4.79 Å². The van der Waals surface area contributed by atoms with Gasteiger partial charge >= 0.3 is 0 Å². The fourth-order valence-corrected chi connectivity index (χ4v) is 4.08. The van der Waals surface area contributed by atoms with Crippen LogP contribution in [0.5, 0.6) is 0 Å². The van der Waals surface area contributed by atoms with Crippen molar-refractivity contribution in [1.82, 2.24) is 15.1 Å². The van der Waals surface area contributed by atoms with Crippen molar-refractivity contribution in [1.29, 1.82) is 0 Å². The first-order valence-electron chi connectivity index (χ1n) is 7.96. The third kappa shape index (κ3) is 3.15. The minimum atomic E-state index is -0.0128. The lowest BCUT2D eigenvalue weighted by Gasteiger charge is -2.33. The summed E-state index contributed by atoms with van der Waals surface area (Å²) in [5, 5.41) is 7.76. The molecule has 1 N–H and O–H groups in total. The maximum atomic E-state index is 12.6. The third-order valence-electron chi connectivity index (χ3n) is 4.81. The molecule has 2 aliphatic rings. The molecule has 2 fully saturated rings. The Morgan fingerprint density at radius 3 is 2.76 bits per heavy atom. The number of nitrogens with one attached hydrogen (secondary N) is 1. The van der Waals surface area contributed by atoms with Gasteiger partial charge in [-0.25, -0.2) is 0 Å². The van der Waals surface area contributed by atoms with E-state index in [9.17, 15) is 4.79 Å². The van der Waals surface area contributed by atoms with E-state index in [0.29, 0.717) is 5.92 Å². The Morgan fingerprint density at radius 1 is 1.38 bits per heavy atom. The number of likely N-dealkylation sites (tertiary alicyclic amines) is 1. The molecule has 1 amide bonds. The zero-order valence-corrected chi connectivity index (χ0v) is 13.7. The molecule has 21 heavy (non-hydrogen) atoms. The first-order valence-corrected chi connectivity index (χ1v) is 8.90. The van der Waals surface area contributed by atoms with Gasteiger partial charge in [-0.2, -0.15) is 11.3 Å². The fourth-order valence-electron chi connectivity index (χ4n) is 3.40.